The molecule has 0 atom stereocenters. The summed E-state index contributed by atoms with van der Waals surface area (Å²) in [5.41, 5.74) is 3.88. The molecule has 0 fully saturated rings. The van der Waals surface area contributed by atoms with E-state index in [0.717, 1.165) is 5.57 Å². The van der Waals surface area contributed by atoms with Crippen molar-refractivity contribution in [2.45, 2.75) is 19.9 Å². The Morgan fingerprint density at radius 3 is 2.80 bits per heavy atom. The van der Waals surface area contributed by atoms with E-state index in [9.17, 15) is 0 Å². The van der Waals surface area contributed by atoms with Gasteiger partial charge < -0.3 is 5.01 Å². The third-order valence-corrected chi connectivity index (χ3v) is 1.45. The summed E-state index contributed by atoms with van der Waals surface area (Å²) in [4.78, 5) is 0. The summed E-state index contributed by atoms with van der Waals surface area (Å²) in [5, 5.41) is 10.4. The number of nitrogens with one attached hydrogen (secondary N) is 1. The fraction of sp³-hybridized carbons (Fsp3) is 0.571. The van der Waals surface area contributed by atoms with Crippen LogP contribution in [-0.4, -0.2) is 17.6 Å². The van der Waals surface area contributed by atoms with Gasteiger partial charge in [0, 0.05) is 12.2 Å². The number of hydrazine groups is 1. The standard InChI is InChI=1S/C7H11N3/c1-6(2)10-5-7(3-8)4-9-10/h5-6,9H,4H2,1-2H3. The molecule has 54 valence electrons. The zero-order valence-corrected chi connectivity index (χ0v) is 6.26. The molecule has 0 amide bonds. The van der Waals surface area contributed by atoms with Gasteiger partial charge in [0.05, 0.1) is 18.2 Å². The first kappa shape index (κ1) is 7.10. The van der Waals surface area contributed by atoms with E-state index in [1.54, 1.807) is 0 Å². The molecule has 0 aromatic rings. The Labute approximate surface area is 60.9 Å². The molecule has 1 heterocycles. The van der Waals surface area contributed by atoms with E-state index in [4.69, 9.17) is 5.26 Å². The summed E-state index contributed by atoms with van der Waals surface area (Å²) in [5.74, 6) is 0. The molecule has 0 bridgehead atoms. The van der Waals surface area contributed by atoms with Gasteiger partial charge in [-0.1, -0.05) is 0 Å². The van der Waals surface area contributed by atoms with Gasteiger partial charge in [-0.15, -0.1) is 0 Å². The van der Waals surface area contributed by atoms with Crippen LogP contribution in [0.3, 0.4) is 0 Å². The van der Waals surface area contributed by atoms with Crippen LogP contribution in [0, 0.1) is 11.3 Å². The molecule has 0 saturated carbocycles. The SMILES string of the molecule is CC(C)N1C=C(C#N)CN1. The average molecular weight is 137 g/mol. The highest BCUT2D eigenvalue weighted by molar-refractivity contribution is 5.24. The molecule has 1 N–H and O–H groups in total. The van der Waals surface area contributed by atoms with Crippen molar-refractivity contribution in [2.75, 3.05) is 6.54 Å². The van der Waals surface area contributed by atoms with Crippen LogP contribution in [0.1, 0.15) is 13.8 Å². The largest absolute Gasteiger partial charge is 0.312 e. The molecule has 0 saturated heterocycles. The highest BCUT2D eigenvalue weighted by Gasteiger charge is 2.12. The number of nitriles is 1. The third kappa shape index (κ3) is 1.28. The molecule has 0 aliphatic carbocycles. The summed E-state index contributed by atoms with van der Waals surface area (Å²) in [7, 11) is 0. The van der Waals surface area contributed by atoms with Crippen molar-refractivity contribution < 1.29 is 0 Å². The number of rotatable bonds is 1. The van der Waals surface area contributed by atoms with Crippen LogP contribution in [0.2, 0.25) is 0 Å². The van der Waals surface area contributed by atoms with Crippen LogP contribution in [0.5, 0.6) is 0 Å². The van der Waals surface area contributed by atoms with Crippen molar-refractivity contribution in [2.24, 2.45) is 0 Å². The maximum Gasteiger partial charge on any atom is 0.0977 e. The molecule has 0 aromatic heterocycles. The number of hydrogen-bond donors (Lipinski definition) is 1. The molecule has 3 nitrogen and oxygen atoms in total. The first-order chi connectivity index (χ1) is 4.74. The van der Waals surface area contributed by atoms with Crippen molar-refractivity contribution in [1.82, 2.24) is 10.4 Å². The Balaban J connectivity index is 2.57. The molecule has 1 aliphatic heterocycles. The molecule has 0 unspecified atom stereocenters. The molecule has 0 spiro atoms. The van der Waals surface area contributed by atoms with Gasteiger partial charge in [0.2, 0.25) is 0 Å². The minimum Gasteiger partial charge on any atom is -0.312 e. The maximum atomic E-state index is 8.48. The molecule has 10 heavy (non-hydrogen) atoms. The molecular weight excluding hydrogens is 126 g/mol. The van der Waals surface area contributed by atoms with Crippen LogP contribution in [-0.2, 0) is 0 Å². The Morgan fingerprint density at radius 2 is 2.50 bits per heavy atom. The normalized spacial score (nSPS) is 17.4. The van der Waals surface area contributed by atoms with Crippen molar-refractivity contribution in [3.63, 3.8) is 0 Å². The summed E-state index contributed by atoms with van der Waals surface area (Å²) in [6.07, 6.45) is 1.85. The summed E-state index contributed by atoms with van der Waals surface area (Å²) in [6.45, 7) is 4.82. The Kier molecular flexibility index (Phi) is 1.93. The van der Waals surface area contributed by atoms with Crippen LogP contribution in [0.25, 0.3) is 0 Å². The molecule has 3 heteroatoms. The lowest BCUT2D eigenvalue weighted by Gasteiger charge is -2.19. The Morgan fingerprint density at radius 1 is 1.80 bits per heavy atom. The number of nitrogens with zero attached hydrogens (tertiary/aromatic N) is 2. The zero-order valence-electron chi connectivity index (χ0n) is 6.26. The van der Waals surface area contributed by atoms with Gasteiger partial charge in [0.15, 0.2) is 0 Å². The Bertz CT molecular complexity index is 188. The van der Waals surface area contributed by atoms with Gasteiger partial charge in [0.1, 0.15) is 0 Å². The van der Waals surface area contributed by atoms with Crippen molar-refractivity contribution in [3.8, 4) is 6.07 Å². The first-order valence-electron chi connectivity index (χ1n) is 3.36. The van der Waals surface area contributed by atoms with Crippen LogP contribution in [0.15, 0.2) is 11.8 Å². The van der Waals surface area contributed by atoms with Crippen LogP contribution in [0.4, 0.5) is 0 Å². The summed E-state index contributed by atoms with van der Waals surface area (Å²) >= 11 is 0. The van der Waals surface area contributed by atoms with E-state index >= 15 is 0 Å². The molecule has 0 aromatic carbocycles. The molecule has 1 aliphatic rings. The average Bonchev–Trinajstić information content (AvgIpc) is 2.34. The van der Waals surface area contributed by atoms with Gasteiger partial charge in [0.25, 0.3) is 0 Å². The van der Waals surface area contributed by atoms with Gasteiger partial charge in [-0.05, 0) is 13.8 Å². The zero-order chi connectivity index (χ0) is 7.56. The Hall–Kier alpha value is -1.01. The third-order valence-electron chi connectivity index (χ3n) is 1.45. The minimum absolute atomic E-state index is 0.422. The fourth-order valence-electron chi connectivity index (χ4n) is 0.836. The van der Waals surface area contributed by atoms with E-state index in [2.05, 4.69) is 25.3 Å². The molecule has 1 rings (SSSR count). The maximum absolute atomic E-state index is 8.48. The van der Waals surface area contributed by atoms with E-state index in [0.29, 0.717) is 12.6 Å². The summed E-state index contributed by atoms with van der Waals surface area (Å²) in [6, 6.07) is 2.53. The molecular formula is C7H11N3. The molecule has 0 radical (unpaired) electrons. The predicted octanol–water partition coefficient (Wildman–Crippen LogP) is 0.622. The predicted molar refractivity (Wildman–Crippen MR) is 38.7 cm³/mol. The van der Waals surface area contributed by atoms with E-state index in [1.807, 2.05) is 11.2 Å². The topological polar surface area (TPSA) is 39.1 Å². The van der Waals surface area contributed by atoms with Gasteiger partial charge >= 0.3 is 0 Å². The first-order valence-corrected chi connectivity index (χ1v) is 3.36. The van der Waals surface area contributed by atoms with Crippen LogP contribution < -0.4 is 5.43 Å². The quantitative estimate of drug-likeness (QED) is 0.576. The fourth-order valence-corrected chi connectivity index (χ4v) is 0.836. The van der Waals surface area contributed by atoms with Crippen molar-refractivity contribution >= 4 is 0 Å². The monoisotopic (exact) mass is 137 g/mol. The van der Waals surface area contributed by atoms with E-state index in [-0.39, 0.29) is 0 Å². The summed E-state index contributed by atoms with van der Waals surface area (Å²) < 4.78 is 0. The highest BCUT2D eigenvalue weighted by Crippen LogP contribution is 2.05. The van der Waals surface area contributed by atoms with E-state index in [1.165, 1.54) is 0 Å². The van der Waals surface area contributed by atoms with Crippen molar-refractivity contribution in [1.29, 1.82) is 5.26 Å². The van der Waals surface area contributed by atoms with Gasteiger partial charge in [-0.2, -0.15) is 5.26 Å². The van der Waals surface area contributed by atoms with Gasteiger partial charge in [-0.25, -0.2) is 5.43 Å². The van der Waals surface area contributed by atoms with E-state index < -0.39 is 0 Å². The lowest BCUT2D eigenvalue weighted by molar-refractivity contribution is 0.250. The minimum atomic E-state index is 0.422. The second-order valence-corrected chi connectivity index (χ2v) is 2.60. The highest BCUT2D eigenvalue weighted by atomic mass is 15.5. The van der Waals surface area contributed by atoms with Crippen LogP contribution >= 0.6 is 0 Å². The lowest BCUT2D eigenvalue weighted by atomic mass is 10.3. The van der Waals surface area contributed by atoms with Crippen molar-refractivity contribution in [3.05, 3.63) is 11.8 Å². The lowest BCUT2D eigenvalue weighted by Crippen LogP contribution is -2.34. The number of hydrogen-bond acceptors (Lipinski definition) is 3. The smallest absolute Gasteiger partial charge is 0.0977 e. The van der Waals surface area contributed by atoms with Gasteiger partial charge in [-0.3, -0.25) is 0 Å². The second kappa shape index (κ2) is 2.72. The second-order valence-electron chi connectivity index (χ2n) is 2.60.